The standard InChI is InChI=1S/C22H22ClN5O2/c1-15(16-6-8-19(9-7-16)28-14-24-13-25-28)26-22(30)18-10-21(29)27(12-18)11-17-4-2-3-5-20(17)23/h2-9,13-15,18H,10-12H2,1H3,(H,26,30). The summed E-state index contributed by atoms with van der Waals surface area (Å²) < 4.78 is 1.67. The predicted octanol–water partition coefficient (Wildman–Crippen LogP) is 3.15. The Morgan fingerprint density at radius 1 is 1.23 bits per heavy atom. The molecule has 4 rings (SSSR count). The van der Waals surface area contributed by atoms with Crippen LogP contribution in [0.15, 0.2) is 61.2 Å². The van der Waals surface area contributed by atoms with Gasteiger partial charge in [-0.3, -0.25) is 9.59 Å². The minimum Gasteiger partial charge on any atom is -0.349 e. The van der Waals surface area contributed by atoms with E-state index in [4.69, 9.17) is 11.6 Å². The molecular weight excluding hydrogens is 402 g/mol. The number of hydrogen-bond donors (Lipinski definition) is 1. The molecule has 1 aliphatic heterocycles. The molecule has 0 saturated carbocycles. The summed E-state index contributed by atoms with van der Waals surface area (Å²) in [6.45, 7) is 2.75. The van der Waals surface area contributed by atoms with Gasteiger partial charge >= 0.3 is 0 Å². The molecule has 30 heavy (non-hydrogen) atoms. The van der Waals surface area contributed by atoms with E-state index in [1.807, 2.05) is 49.4 Å². The van der Waals surface area contributed by atoms with E-state index in [1.165, 1.54) is 6.33 Å². The zero-order chi connectivity index (χ0) is 21.1. The Balaban J connectivity index is 1.35. The van der Waals surface area contributed by atoms with Gasteiger partial charge in [-0.2, -0.15) is 5.10 Å². The minimum absolute atomic E-state index is 0.0279. The lowest BCUT2D eigenvalue weighted by Crippen LogP contribution is -2.34. The minimum atomic E-state index is -0.364. The highest BCUT2D eigenvalue weighted by Crippen LogP contribution is 2.24. The Labute approximate surface area is 179 Å². The maximum absolute atomic E-state index is 12.8. The number of nitrogens with one attached hydrogen (secondary N) is 1. The fraction of sp³-hybridized carbons (Fsp3) is 0.273. The average molecular weight is 424 g/mol. The van der Waals surface area contributed by atoms with Crippen molar-refractivity contribution in [2.24, 2.45) is 5.92 Å². The van der Waals surface area contributed by atoms with Crippen LogP contribution in [0.1, 0.15) is 30.5 Å². The van der Waals surface area contributed by atoms with E-state index in [0.29, 0.717) is 18.1 Å². The molecule has 2 atom stereocenters. The van der Waals surface area contributed by atoms with Gasteiger partial charge in [-0.1, -0.05) is 41.9 Å². The highest BCUT2D eigenvalue weighted by atomic mass is 35.5. The van der Waals surface area contributed by atoms with Crippen LogP contribution in [0.4, 0.5) is 0 Å². The van der Waals surface area contributed by atoms with E-state index in [2.05, 4.69) is 15.4 Å². The Bertz CT molecular complexity index is 1040. The summed E-state index contributed by atoms with van der Waals surface area (Å²) in [5, 5.41) is 7.76. The van der Waals surface area contributed by atoms with Gasteiger partial charge in [0.1, 0.15) is 12.7 Å². The van der Waals surface area contributed by atoms with Gasteiger partial charge in [0.15, 0.2) is 0 Å². The van der Waals surface area contributed by atoms with Gasteiger partial charge in [0.05, 0.1) is 17.6 Å². The Hall–Kier alpha value is -3.19. The van der Waals surface area contributed by atoms with Crippen LogP contribution in [-0.2, 0) is 16.1 Å². The quantitative estimate of drug-likeness (QED) is 0.660. The van der Waals surface area contributed by atoms with Crippen molar-refractivity contribution in [2.45, 2.75) is 25.9 Å². The number of amides is 2. The first-order valence-electron chi connectivity index (χ1n) is 9.78. The fourth-order valence-corrected chi connectivity index (χ4v) is 3.80. The summed E-state index contributed by atoms with van der Waals surface area (Å²) in [7, 11) is 0. The monoisotopic (exact) mass is 423 g/mol. The second-order valence-electron chi connectivity index (χ2n) is 7.43. The van der Waals surface area contributed by atoms with Gasteiger partial charge in [-0.05, 0) is 36.2 Å². The summed E-state index contributed by atoms with van der Waals surface area (Å²) in [5.41, 5.74) is 2.75. The topological polar surface area (TPSA) is 80.1 Å². The molecule has 1 saturated heterocycles. The maximum Gasteiger partial charge on any atom is 0.225 e. The number of nitrogens with zero attached hydrogens (tertiary/aromatic N) is 4. The van der Waals surface area contributed by atoms with Crippen molar-refractivity contribution in [1.82, 2.24) is 25.0 Å². The average Bonchev–Trinajstić information content (AvgIpc) is 3.40. The number of halogens is 1. The molecule has 1 aromatic heterocycles. The molecule has 0 spiro atoms. The summed E-state index contributed by atoms with van der Waals surface area (Å²) >= 11 is 6.20. The molecule has 0 bridgehead atoms. The Morgan fingerprint density at radius 3 is 2.70 bits per heavy atom. The van der Waals surface area contributed by atoms with Crippen LogP contribution in [-0.4, -0.2) is 38.0 Å². The van der Waals surface area contributed by atoms with Crippen molar-refractivity contribution in [3.63, 3.8) is 0 Å². The number of benzene rings is 2. The van der Waals surface area contributed by atoms with Crippen LogP contribution in [0.2, 0.25) is 5.02 Å². The normalized spacial score (nSPS) is 17.2. The van der Waals surface area contributed by atoms with E-state index >= 15 is 0 Å². The van der Waals surface area contributed by atoms with Crippen molar-refractivity contribution < 1.29 is 9.59 Å². The number of carbonyl (C=O) groups excluding carboxylic acids is 2. The lowest BCUT2D eigenvalue weighted by molar-refractivity contribution is -0.129. The summed E-state index contributed by atoms with van der Waals surface area (Å²) in [6, 6.07) is 15.0. The number of hydrogen-bond acceptors (Lipinski definition) is 4. The lowest BCUT2D eigenvalue weighted by Gasteiger charge is -2.19. The summed E-state index contributed by atoms with van der Waals surface area (Å²) in [5.74, 6) is -0.505. The third-order valence-electron chi connectivity index (χ3n) is 5.34. The van der Waals surface area contributed by atoms with Gasteiger partial charge in [0, 0.05) is 24.5 Å². The zero-order valence-corrected chi connectivity index (χ0v) is 17.3. The third kappa shape index (κ3) is 4.36. The van der Waals surface area contributed by atoms with E-state index in [1.54, 1.807) is 22.0 Å². The summed E-state index contributed by atoms with van der Waals surface area (Å²) in [4.78, 5) is 30.8. The first-order chi connectivity index (χ1) is 14.5. The predicted molar refractivity (Wildman–Crippen MR) is 113 cm³/mol. The van der Waals surface area contributed by atoms with Crippen molar-refractivity contribution in [1.29, 1.82) is 0 Å². The SMILES string of the molecule is CC(NC(=O)C1CC(=O)N(Cc2ccccc2Cl)C1)c1ccc(-n2cncn2)cc1. The summed E-state index contributed by atoms with van der Waals surface area (Å²) in [6.07, 6.45) is 3.33. The van der Waals surface area contributed by atoms with E-state index < -0.39 is 0 Å². The number of rotatable bonds is 6. The van der Waals surface area contributed by atoms with Crippen LogP contribution in [0.25, 0.3) is 5.69 Å². The molecule has 1 fully saturated rings. The molecular formula is C22H22ClN5O2. The molecule has 8 heteroatoms. The van der Waals surface area contributed by atoms with Gasteiger partial charge < -0.3 is 10.2 Å². The molecule has 0 aliphatic carbocycles. The molecule has 2 amide bonds. The van der Waals surface area contributed by atoms with Crippen molar-refractivity contribution in [3.05, 3.63) is 77.3 Å². The lowest BCUT2D eigenvalue weighted by atomic mass is 10.0. The Kier molecular flexibility index (Phi) is 5.81. The van der Waals surface area contributed by atoms with Crippen LogP contribution >= 0.6 is 11.6 Å². The largest absolute Gasteiger partial charge is 0.349 e. The fourth-order valence-electron chi connectivity index (χ4n) is 3.60. The van der Waals surface area contributed by atoms with E-state index in [-0.39, 0.29) is 30.2 Å². The molecule has 3 aromatic rings. The number of carbonyl (C=O) groups is 2. The molecule has 2 unspecified atom stereocenters. The van der Waals surface area contributed by atoms with Gasteiger partial charge in [0.2, 0.25) is 11.8 Å². The van der Waals surface area contributed by atoms with Gasteiger partial charge in [-0.25, -0.2) is 9.67 Å². The highest BCUT2D eigenvalue weighted by molar-refractivity contribution is 6.31. The van der Waals surface area contributed by atoms with Crippen molar-refractivity contribution in [3.8, 4) is 5.69 Å². The van der Waals surface area contributed by atoms with Crippen molar-refractivity contribution in [2.75, 3.05) is 6.54 Å². The van der Waals surface area contributed by atoms with Gasteiger partial charge in [0.25, 0.3) is 0 Å². The number of aromatic nitrogens is 3. The number of likely N-dealkylation sites (tertiary alicyclic amines) is 1. The second kappa shape index (κ2) is 8.67. The van der Waals surface area contributed by atoms with Crippen LogP contribution in [0.5, 0.6) is 0 Å². The zero-order valence-electron chi connectivity index (χ0n) is 16.5. The van der Waals surface area contributed by atoms with Crippen LogP contribution < -0.4 is 5.32 Å². The molecule has 154 valence electrons. The molecule has 2 heterocycles. The smallest absolute Gasteiger partial charge is 0.225 e. The molecule has 0 radical (unpaired) electrons. The molecule has 7 nitrogen and oxygen atoms in total. The van der Waals surface area contributed by atoms with E-state index in [9.17, 15) is 9.59 Å². The third-order valence-corrected chi connectivity index (χ3v) is 5.71. The first kappa shape index (κ1) is 20.1. The van der Waals surface area contributed by atoms with E-state index in [0.717, 1.165) is 16.8 Å². The van der Waals surface area contributed by atoms with Gasteiger partial charge in [-0.15, -0.1) is 0 Å². The molecule has 1 aliphatic rings. The first-order valence-corrected chi connectivity index (χ1v) is 10.2. The molecule has 1 N–H and O–H groups in total. The van der Waals surface area contributed by atoms with Crippen LogP contribution in [0.3, 0.4) is 0 Å². The Morgan fingerprint density at radius 2 is 2.00 bits per heavy atom. The van der Waals surface area contributed by atoms with Crippen LogP contribution in [0, 0.1) is 5.92 Å². The highest BCUT2D eigenvalue weighted by Gasteiger charge is 2.34. The maximum atomic E-state index is 12.8. The molecule has 2 aromatic carbocycles. The second-order valence-corrected chi connectivity index (χ2v) is 7.84. The van der Waals surface area contributed by atoms with Crippen molar-refractivity contribution >= 4 is 23.4 Å².